The quantitative estimate of drug-likeness (QED) is 0.769. The number of methoxy groups -OCH3 is 3. The number of urea groups is 1. The van der Waals surface area contributed by atoms with Crippen molar-refractivity contribution in [2.75, 3.05) is 57.7 Å². The molecule has 0 atom stereocenters. The maximum Gasteiger partial charge on any atom is 0.321 e. The SMILES string of the molecule is COc1cc(N2CCN(C(=O)Nc3ccc(C(C)C)cc3)CC2)cc(OC)c1OC. The minimum atomic E-state index is -0.0724. The van der Waals surface area contributed by atoms with E-state index >= 15 is 0 Å². The van der Waals surface area contributed by atoms with Crippen LogP contribution in [0.2, 0.25) is 0 Å². The lowest BCUT2D eigenvalue weighted by molar-refractivity contribution is 0.208. The molecule has 0 spiro atoms. The Morgan fingerprint density at radius 1 is 0.900 bits per heavy atom. The van der Waals surface area contributed by atoms with Gasteiger partial charge in [0.15, 0.2) is 11.5 Å². The van der Waals surface area contributed by atoms with E-state index in [4.69, 9.17) is 14.2 Å². The van der Waals surface area contributed by atoms with Gasteiger partial charge in [-0.25, -0.2) is 4.79 Å². The fourth-order valence-corrected chi connectivity index (χ4v) is 3.57. The predicted molar refractivity (Wildman–Crippen MR) is 119 cm³/mol. The van der Waals surface area contributed by atoms with Gasteiger partial charge >= 0.3 is 6.03 Å². The largest absolute Gasteiger partial charge is 0.493 e. The van der Waals surface area contributed by atoms with Gasteiger partial charge in [0, 0.05) is 49.7 Å². The molecule has 1 fully saturated rings. The second-order valence-corrected chi connectivity index (χ2v) is 7.56. The molecule has 2 amide bonds. The first-order valence-corrected chi connectivity index (χ1v) is 10.2. The number of nitrogens with one attached hydrogen (secondary N) is 1. The molecule has 1 saturated heterocycles. The molecule has 0 aliphatic carbocycles. The number of ether oxygens (including phenoxy) is 3. The zero-order valence-electron chi connectivity index (χ0n) is 18.4. The summed E-state index contributed by atoms with van der Waals surface area (Å²) in [6.45, 7) is 7.01. The molecule has 30 heavy (non-hydrogen) atoms. The van der Waals surface area contributed by atoms with Crippen molar-refractivity contribution in [3.8, 4) is 17.2 Å². The van der Waals surface area contributed by atoms with Gasteiger partial charge < -0.3 is 29.3 Å². The van der Waals surface area contributed by atoms with Crippen LogP contribution in [-0.2, 0) is 0 Å². The number of amides is 2. The highest BCUT2D eigenvalue weighted by molar-refractivity contribution is 5.89. The fraction of sp³-hybridized carbons (Fsp3) is 0.435. The molecule has 1 heterocycles. The number of benzene rings is 2. The standard InChI is InChI=1S/C23H31N3O4/c1-16(2)17-6-8-18(9-7-17)24-23(27)26-12-10-25(11-13-26)19-14-20(28-3)22(30-5)21(15-19)29-4/h6-9,14-16H,10-13H2,1-5H3,(H,24,27). The van der Waals surface area contributed by atoms with E-state index < -0.39 is 0 Å². The van der Waals surface area contributed by atoms with E-state index in [9.17, 15) is 4.79 Å². The zero-order valence-corrected chi connectivity index (χ0v) is 18.4. The lowest BCUT2D eigenvalue weighted by atomic mass is 10.0. The van der Waals surface area contributed by atoms with Crippen LogP contribution in [0.15, 0.2) is 36.4 Å². The van der Waals surface area contributed by atoms with Crippen molar-refractivity contribution in [3.05, 3.63) is 42.0 Å². The normalized spacial score (nSPS) is 13.9. The number of nitrogens with zero attached hydrogens (tertiary/aromatic N) is 2. The van der Waals surface area contributed by atoms with E-state index in [-0.39, 0.29) is 6.03 Å². The van der Waals surface area contributed by atoms with Crippen molar-refractivity contribution in [1.29, 1.82) is 0 Å². The number of carbonyl (C=O) groups excluding carboxylic acids is 1. The Morgan fingerprint density at radius 2 is 1.47 bits per heavy atom. The minimum absolute atomic E-state index is 0.0724. The van der Waals surface area contributed by atoms with Crippen LogP contribution in [0.1, 0.15) is 25.3 Å². The average molecular weight is 414 g/mol. The number of piperazine rings is 1. The third-order valence-corrected chi connectivity index (χ3v) is 5.41. The molecule has 1 N–H and O–H groups in total. The van der Waals surface area contributed by atoms with Gasteiger partial charge in [-0.2, -0.15) is 0 Å². The Balaban J connectivity index is 1.62. The number of hydrogen-bond donors (Lipinski definition) is 1. The van der Waals surface area contributed by atoms with E-state index in [0.29, 0.717) is 36.3 Å². The summed E-state index contributed by atoms with van der Waals surface area (Å²) in [6, 6.07) is 11.8. The monoisotopic (exact) mass is 413 g/mol. The summed E-state index contributed by atoms with van der Waals surface area (Å²) in [5.41, 5.74) is 3.05. The molecule has 1 aliphatic rings. The third-order valence-electron chi connectivity index (χ3n) is 5.41. The molecule has 7 nitrogen and oxygen atoms in total. The third kappa shape index (κ3) is 4.72. The van der Waals surface area contributed by atoms with Crippen LogP contribution in [0.5, 0.6) is 17.2 Å². The van der Waals surface area contributed by atoms with Crippen LogP contribution in [0.3, 0.4) is 0 Å². The highest BCUT2D eigenvalue weighted by atomic mass is 16.5. The molecule has 0 radical (unpaired) electrons. The van der Waals surface area contributed by atoms with Crippen LogP contribution in [0, 0.1) is 0 Å². The average Bonchev–Trinajstić information content (AvgIpc) is 2.78. The molecule has 3 rings (SSSR count). The first kappa shape index (κ1) is 21.6. The molecule has 2 aromatic carbocycles. The molecule has 7 heteroatoms. The first-order chi connectivity index (χ1) is 14.5. The predicted octanol–water partition coefficient (Wildman–Crippen LogP) is 4.19. The van der Waals surface area contributed by atoms with Crippen molar-refractivity contribution in [1.82, 2.24) is 4.90 Å². The Hall–Kier alpha value is -3.09. The second-order valence-electron chi connectivity index (χ2n) is 7.56. The van der Waals surface area contributed by atoms with Crippen molar-refractivity contribution in [2.45, 2.75) is 19.8 Å². The summed E-state index contributed by atoms with van der Waals surface area (Å²) >= 11 is 0. The number of rotatable bonds is 6. The molecule has 0 bridgehead atoms. The summed E-state index contributed by atoms with van der Waals surface area (Å²) < 4.78 is 16.3. The molecule has 0 unspecified atom stereocenters. The molecule has 2 aromatic rings. The summed E-state index contributed by atoms with van der Waals surface area (Å²) in [7, 11) is 4.81. The molecule has 1 aliphatic heterocycles. The van der Waals surface area contributed by atoms with Gasteiger partial charge in [0.05, 0.1) is 21.3 Å². The Labute approximate surface area is 178 Å². The van der Waals surface area contributed by atoms with Crippen molar-refractivity contribution < 1.29 is 19.0 Å². The van der Waals surface area contributed by atoms with Gasteiger partial charge in [-0.3, -0.25) is 0 Å². The van der Waals surface area contributed by atoms with Gasteiger partial charge in [-0.1, -0.05) is 26.0 Å². The Morgan fingerprint density at radius 3 is 1.93 bits per heavy atom. The first-order valence-electron chi connectivity index (χ1n) is 10.2. The van der Waals surface area contributed by atoms with Crippen LogP contribution < -0.4 is 24.4 Å². The smallest absolute Gasteiger partial charge is 0.321 e. The zero-order chi connectivity index (χ0) is 21.7. The Kier molecular flexibility index (Phi) is 6.92. The number of hydrogen-bond acceptors (Lipinski definition) is 5. The summed E-state index contributed by atoms with van der Waals surface area (Å²) in [4.78, 5) is 16.7. The van der Waals surface area contributed by atoms with E-state index in [2.05, 4.69) is 36.2 Å². The highest BCUT2D eigenvalue weighted by Gasteiger charge is 2.23. The topological polar surface area (TPSA) is 63.3 Å². The molecule has 0 aromatic heterocycles. The number of carbonyl (C=O) groups is 1. The molecule has 162 valence electrons. The highest BCUT2D eigenvalue weighted by Crippen LogP contribution is 2.41. The van der Waals surface area contributed by atoms with Crippen molar-refractivity contribution in [2.24, 2.45) is 0 Å². The maximum absolute atomic E-state index is 12.7. The summed E-state index contributed by atoms with van der Waals surface area (Å²) in [5, 5.41) is 3.00. The fourth-order valence-electron chi connectivity index (χ4n) is 3.57. The van der Waals surface area contributed by atoms with Crippen LogP contribution in [0.4, 0.5) is 16.2 Å². The number of anilines is 2. The lowest BCUT2D eigenvalue weighted by Gasteiger charge is -2.36. The van der Waals surface area contributed by atoms with Crippen molar-refractivity contribution in [3.63, 3.8) is 0 Å². The molecular weight excluding hydrogens is 382 g/mol. The van der Waals surface area contributed by atoms with Crippen LogP contribution in [0.25, 0.3) is 0 Å². The Bertz CT molecular complexity index is 834. The van der Waals surface area contributed by atoms with Gasteiger partial charge in [0.2, 0.25) is 5.75 Å². The van der Waals surface area contributed by atoms with Gasteiger partial charge in [0.25, 0.3) is 0 Å². The van der Waals surface area contributed by atoms with E-state index in [1.54, 1.807) is 21.3 Å². The molecular formula is C23H31N3O4. The van der Waals surface area contributed by atoms with Gasteiger partial charge in [0.1, 0.15) is 0 Å². The van der Waals surface area contributed by atoms with E-state index in [0.717, 1.165) is 24.5 Å². The van der Waals surface area contributed by atoms with Crippen molar-refractivity contribution >= 4 is 17.4 Å². The lowest BCUT2D eigenvalue weighted by Crippen LogP contribution is -2.50. The van der Waals surface area contributed by atoms with Crippen LogP contribution >= 0.6 is 0 Å². The van der Waals surface area contributed by atoms with E-state index in [1.165, 1.54) is 5.56 Å². The summed E-state index contributed by atoms with van der Waals surface area (Å²) in [6.07, 6.45) is 0. The maximum atomic E-state index is 12.7. The van der Waals surface area contributed by atoms with E-state index in [1.807, 2.05) is 29.2 Å². The van der Waals surface area contributed by atoms with Gasteiger partial charge in [-0.05, 0) is 23.6 Å². The van der Waals surface area contributed by atoms with Gasteiger partial charge in [-0.15, -0.1) is 0 Å². The molecule has 0 saturated carbocycles. The second kappa shape index (κ2) is 9.61. The summed E-state index contributed by atoms with van der Waals surface area (Å²) in [5.74, 6) is 2.29. The van der Waals surface area contributed by atoms with Crippen LogP contribution in [-0.4, -0.2) is 58.4 Å². The minimum Gasteiger partial charge on any atom is -0.493 e.